The molecule has 2 aromatic carbocycles. The van der Waals surface area contributed by atoms with Gasteiger partial charge >= 0.3 is 0 Å². The fourth-order valence-electron chi connectivity index (χ4n) is 2.63. The molecule has 0 aliphatic heterocycles. The number of hydrogen-bond acceptors (Lipinski definition) is 8. The molecule has 0 aliphatic carbocycles. The summed E-state index contributed by atoms with van der Waals surface area (Å²) in [5.74, 6) is -0.628. The van der Waals surface area contributed by atoms with Gasteiger partial charge in [0.2, 0.25) is 11.0 Å². The fourth-order valence-corrected chi connectivity index (χ4v) is 4.24. The molecule has 31 heavy (non-hydrogen) atoms. The molecule has 0 aliphatic rings. The number of nitro groups is 1. The van der Waals surface area contributed by atoms with Crippen molar-refractivity contribution in [3.05, 3.63) is 69.2 Å². The minimum absolute atomic E-state index is 0.153. The van der Waals surface area contributed by atoms with Crippen LogP contribution in [0.4, 0.5) is 16.5 Å². The first-order chi connectivity index (χ1) is 14.9. The van der Waals surface area contributed by atoms with Gasteiger partial charge in [-0.05, 0) is 37.6 Å². The van der Waals surface area contributed by atoms with E-state index in [0.717, 1.165) is 9.90 Å². The lowest BCUT2D eigenvalue weighted by molar-refractivity contribution is -0.384. The maximum absolute atomic E-state index is 12.6. The molecule has 1 unspecified atom stereocenters. The Morgan fingerprint density at radius 3 is 2.61 bits per heavy atom. The van der Waals surface area contributed by atoms with Crippen LogP contribution in [0.25, 0.3) is 0 Å². The van der Waals surface area contributed by atoms with Gasteiger partial charge in [-0.3, -0.25) is 25.0 Å². The van der Waals surface area contributed by atoms with Gasteiger partial charge < -0.3 is 5.32 Å². The third-order valence-corrected chi connectivity index (χ3v) is 6.22. The molecular formula is C20H19N5O4S2. The highest BCUT2D eigenvalue weighted by atomic mass is 32.2. The van der Waals surface area contributed by atoms with E-state index in [1.54, 1.807) is 18.2 Å². The summed E-state index contributed by atoms with van der Waals surface area (Å²) in [6.07, 6.45) is 0.596. The van der Waals surface area contributed by atoms with Crippen molar-refractivity contribution >= 4 is 51.4 Å². The molecule has 2 N–H and O–H groups in total. The van der Waals surface area contributed by atoms with E-state index in [1.165, 1.54) is 47.4 Å². The second-order valence-corrected chi connectivity index (χ2v) is 8.88. The maximum Gasteiger partial charge on any atom is 0.270 e. The molecule has 0 saturated carbocycles. The van der Waals surface area contributed by atoms with Crippen LogP contribution in [-0.4, -0.2) is 32.2 Å². The summed E-state index contributed by atoms with van der Waals surface area (Å²) in [6, 6.07) is 12.6. The molecule has 1 aromatic heterocycles. The van der Waals surface area contributed by atoms with E-state index in [9.17, 15) is 19.7 Å². The molecule has 3 rings (SSSR count). The van der Waals surface area contributed by atoms with E-state index in [-0.39, 0.29) is 22.4 Å². The van der Waals surface area contributed by atoms with Crippen LogP contribution < -0.4 is 10.6 Å². The third-order valence-electron chi connectivity index (χ3n) is 4.11. The van der Waals surface area contributed by atoms with Gasteiger partial charge in [-0.15, -0.1) is 22.0 Å². The summed E-state index contributed by atoms with van der Waals surface area (Å²) in [5.41, 5.74) is 0.557. The average molecular weight is 458 g/mol. The lowest BCUT2D eigenvalue weighted by Gasteiger charge is -2.14. The lowest BCUT2D eigenvalue weighted by Crippen LogP contribution is -2.24. The maximum atomic E-state index is 12.6. The third kappa shape index (κ3) is 6.09. The Hall–Kier alpha value is -3.31. The zero-order valence-corrected chi connectivity index (χ0v) is 18.3. The average Bonchev–Trinajstić information content (AvgIpc) is 3.16. The predicted octanol–water partition coefficient (Wildman–Crippen LogP) is 4.52. The molecule has 0 fully saturated rings. The number of non-ortho nitro benzene ring substituents is 1. The highest BCUT2D eigenvalue weighted by molar-refractivity contribution is 8.00. The van der Waals surface area contributed by atoms with Crippen molar-refractivity contribution in [3.8, 4) is 0 Å². The molecule has 11 heteroatoms. The van der Waals surface area contributed by atoms with Gasteiger partial charge in [-0.25, -0.2) is 0 Å². The van der Waals surface area contributed by atoms with E-state index in [4.69, 9.17) is 0 Å². The number of aryl methyl sites for hydroxylation is 1. The number of nitrogens with one attached hydrogen (secondary N) is 2. The SMILES string of the molecule is CCC(Sc1cccc(NC(=O)c2cccc([N+](=O)[O-])c2)c1)C(=O)Nc1nnc(C)s1. The Morgan fingerprint density at radius 1 is 1.16 bits per heavy atom. The van der Waals surface area contributed by atoms with Crippen molar-refractivity contribution in [2.24, 2.45) is 0 Å². The van der Waals surface area contributed by atoms with Crippen molar-refractivity contribution in [2.45, 2.75) is 30.4 Å². The number of carbonyl (C=O) groups excluding carboxylic acids is 2. The lowest BCUT2D eigenvalue weighted by atomic mass is 10.2. The molecule has 0 bridgehead atoms. The molecule has 2 amide bonds. The van der Waals surface area contributed by atoms with Gasteiger partial charge in [0.05, 0.1) is 10.2 Å². The van der Waals surface area contributed by atoms with E-state index in [0.29, 0.717) is 17.2 Å². The Kier molecular flexibility index (Phi) is 7.32. The number of nitrogens with zero attached hydrogens (tertiary/aromatic N) is 3. The molecule has 160 valence electrons. The molecule has 1 heterocycles. The van der Waals surface area contributed by atoms with Crippen LogP contribution in [0.3, 0.4) is 0 Å². The Bertz CT molecular complexity index is 1120. The molecule has 0 spiro atoms. The normalized spacial score (nSPS) is 11.5. The van der Waals surface area contributed by atoms with E-state index in [1.807, 2.05) is 19.9 Å². The molecule has 0 saturated heterocycles. The van der Waals surface area contributed by atoms with E-state index < -0.39 is 10.8 Å². The summed E-state index contributed by atoms with van der Waals surface area (Å²) in [7, 11) is 0. The van der Waals surface area contributed by atoms with Gasteiger partial charge in [-0.1, -0.05) is 30.4 Å². The number of benzene rings is 2. The fraction of sp³-hybridized carbons (Fsp3) is 0.200. The van der Waals surface area contributed by atoms with Crippen molar-refractivity contribution in [1.82, 2.24) is 10.2 Å². The van der Waals surface area contributed by atoms with Crippen LogP contribution in [0, 0.1) is 17.0 Å². The van der Waals surface area contributed by atoms with Gasteiger partial charge in [0.15, 0.2) is 0 Å². The van der Waals surface area contributed by atoms with Gasteiger partial charge in [-0.2, -0.15) is 0 Å². The summed E-state index contributed by atoms with van der Waals surface area (Å²) >= 11 is 2.68. The zero-order valence-electron chi connectivity index (χ0n) is 16.7. The van der Waals surface area contributed by atoms with Crippen LogP contribution >= 0.6 is 23.1 Å². The zero-order chi connectivity index (χ0) is 22.4. The van der Waals surface area contributed by atoms with Crippen LogP contribution in [0.1, 0.15) is 28.7 Å². The number of aromatic nitrogens is 2. The highest BCUT2D eigenvalue weighted by Crippen LogP contribution is 2.29. The van der Waals surface area contributed by atoms with Crippen LogP contribution in [0.2, 0.25) is 0 Å². The first kappa shape index (κ1) is 22.4. The largest absolute Gasteiger partial charge is 0.322 e. The summed E-state index contributed by atoms with van der Waals surface area (Å²) in [5, 5.41) is 25.1. The predicted molar refractivity (Wildman–Crippen MR) is 121 cm³/mol. The summed E-state index contributed by atoms with van der Waals surface area (Å²) < 4.78 is 0. The smallest absolute Gasteiger partial charge is 0.270 e. The Morgan fingerprint density at radius 2 is 1.94 bits per heavy atom. The number of hydrogen-bond donors (Lipinski definition) is 2. The summed E-state index contributed by atoms with van der Waals surface area (Å²) in [6.45, 7) is 3.73. The van der Waals surface area contributed by atoms with E-state index in [2.05, 4.69) is 20.8 Å². The molecule has 3 aromatic rings. The van der Waals surface area contributed by atoms with Crippen LogP contribution in [-0.2, 0) is 4.79 Å². The quantitative estimate of drug-likeness (QED) is 0.289. The first-order valence-corrected chi connectivity index (χ1v) is 11.0. The number of anilines is 2. The first-order valence-electron chi connectivity index (χ1n) is 9.29. The van der Waals surface area contributed by atoms with Crippen molar-refractivity contribution in [3.63, 3.8) is 0 Å². The van der Waals surface area contributed by atoms with Crippen LogP contribution in [0.15, 0.2) is 53.4 Å². The summed E-state index contributed by atoms with van der Waals surface area (Å²) in [4.78, 5) is 36.2. The number of amides is 2. The van der Waals surface area contributed by atoms with Crippen molar-refractivity contribution in [2.75, 3.05) is 10.6 Å². The van der Waals surface area contributed by atoms with Crippen LogP contribution in [0.5, 0.6) is 0 Å². The number of rotatable bonds is 8. The molecule has 9 nitrogen and oxygen atoms in total. The van der Waals surface area contributed by atoms with Crippen molar-refractivity contribution < 1.29 is 14.5 Å². The van der Waals surface area contributed by atoms with Gasteiger partial charge in [0.1, 0.15) is 5.01 Å². The van der Waals surface area contributed by atoms with Gasteiger partial charge in [0.25, 0.3) is 11.6 Å². The topological polar surface area (TPSA) is 127 Å². The monoisotopic (exact) mass is 457 g/mol. The van der Waals surface area contributed by atoms with Crippen molar-refractivity contribution in [1.29, 1.82) is 0 Å². The van der Waals surface area contributed by atoms with Gasteiger partial charge in [0, 0.05) is 28.3 Å². The highest BCUT2D eigenvalue weighted by Gasteiger charge is 2.20. The number of carbonyl (C=O) groups is 2. The number of thioether (sulfide) groups is 1. The number of nitro benzene ring substituents is 1. The molecule has 0 radical (unpaired) electrons. The second-order valence-electron chi connectivity index (χ2n) is 6.42. The minimum Gasteiger partial charge on any atom is -0.322 e. The van der Waals surface area contributed by atoms with E-state index >= 15 is 0 Å². The Balaban J connectivity index is 1.67. The minimum atomic E-state index is -0.549. The second kappa shape index (κ2) is 10.1. The Labute approximate surface area is 186 Å². The molecule has 1 atom stereocenters. The molecular weight excluding hydrogens is 438 g/mol. The standard InChI is InChI=1S/C20H19N5O4S2/c1-3-17(19(27)22-20-24-23-12(2)30-20)31-16-9-5-7-14(11-16)21-18(26)13-6-4-8-15(10-13)25(28)29/h4-11,17H,3H2,1-2H3,(H,21,26)(H,22,24,27).